The van der Waals surface area contributed by atoms with Crippen molar-refractivity contribution in [1.82, 2.24) is 9.80 Å². The van der Waals surface area contributed by atoms with Crippen LogP contribution in [0, 0.1) is 0 Å². The second kappa shape index (κ2) is 10.1. The SMILES string of the molecule is CCN(CC)C(=O)CN(C)C(=O)CCC(C)N.Cl. The Kier molecular flexibility index (Phi) is 11.0. The zero-order valence-electron chi connectivity index (χ0n) is 11.8. The summed E-state index contributed by atoms with van der Waals surface area (Å²) in [5, 5.41) is 0. The fraction of sp³-hybridized carbons (Fsp3) is 0.833. The quantitative estimate of drug-likeness (QED) is 0.752. The molecular formula is C12H26ClN3O2. The predicted octanol–water partition coefficient (Wildman–Crippen LogP) is 0.862. The highest BCUT2D eigenvalue weighted by Gasteiger charge is 2.16. The minimum atomic E-state index is -0.0252. The first kappa shape index (κ1) is 19.5. The summed E-state index contributed by atoms with van der Waals surface area (Å²) < 4.78 is 0. The van der Waals surface area contributed by atoms with Crippen molar-refractivity contribution in [1.29, 1.82) is 0 Å². The average molecular weight is 280 g/mol. The van der Waals surface area contributed by atoms with Crippen LogP contribution in [0.25, 0.3) is 0 Å². The number of nitrogens with two attached hydrogens (primary N) is 1. The standard InChI is InChI=1S/C12H25N3O2.ClH/c1-5-15(6-2)12(17)9-14(4)11(16)8-7-10(3)13;/h10H,5-9,13H2,1-4H3;1H. The lowest BCUT2D eigenvalue weighted by Crippen LogP contribution is -2.41. The molecule has 1 unspecified atom stereocenters. The molecule has 0 bridgehead atoms. The zero-order valence-corrected chi connectivity index (χ0v) is 12.6. The Hall–Kier alpha value is -0.810. The summed E-state index contributed by atoms with van der Waals surface area (Å²) in [6.07, 6.45) is 1.06. The molecule has 0 aromatic rings. The predicted molar refractivity (Wildman–Crippen MR) is 75.7 cm³/mol. The van der Waals surface area contributed by atoms with E-state index in [1.807, 2.05) is 20.8 Å². The first-order valence-corrected chi connectivity index (χ1v) is 6.19. The lowest BCUT2D eigenvalue weighted by molar-refractivity contribution is -0.139. The smallest absolute Gasteiger partial charge is 0.242 e. The molecule has 0 rings (SSSR count). The summed E-state index contributed by atoms with van der Waals surface area (Å²) >= 11 is 0. The maximum atomic E-state index is 11.8. The van der Waals surface area contributed by atoms with Gasteiger partial charge in [0, 0.05) is 32.6 Å². The van der Waals surface area contributed by atoms with Gasteiger partial charge in [-0.1, -0.05) is 0 Å². The maximum absolute atomic E-state index is 11.8. The molecule has 0 aliphatic rings. The monoisotopic (exact) mass is 279 g/mol. The Balaban J connectivity index is 0. The van der Waals surface area contributed by atoms with E-state index >= 15 is 0 Å². The minimum absolute atomic E-state index is 0. The highest BCUT2D eigenvalue weighted by molar-refractivity contribution is 5.85. The van der Waals surface area contributed by atoms with E-state index in [2.05, 4.69) is 0 Å². The van der Waals surface area contributed by atoms with Gasteiger partial charge in [-0.05, 0) is 27.2 Å². The van der Waals surface area contributed by atoms with E-state index in [1.165, 1.54) is 4.90 Å². The number of carbonyl (C=O) groups excluding carboxylic acids is 2. The van der Waals surface area contributed by atoms with Gasteiger partial charge in [0.05, 0.1) is 6.54 Å². The molecule has 0 saturated heterocycles. The number of amides is 2. The van der Waals surface area contributed by atoms with Crippen molar-refractivity contribution >= 4 is 24.2 Å². The van der Waals surface area contributed by atoms with Crippen LogP contribution in [0.3, 0.4) is 0 Å². The van der Waals surface area contributed by atoms with Crippen molar-refractivity contribution in [3.05, 3.63) is 0 Å². The molecule has 108 valence electrons. The van der Waals surface area contributed by atoms with Gasteiger partial charge in [-0.25, -0.2) is 0 Å². The Morgan fingerprint density at radius 1 is 1.17 bits per heavy atom. The molecule has 6 heteroatoms. The van der Waals surface area contributed by atoms with Crippen LogP contribution in [-0.2, 0) is 9.59 Å². The largest absolute Gasteiger partial charge is 0.342 e. The fourth-order valence-corrected chi connectivity index (χ4v) is 1.51. The number of hydrogen-bond acceptors (Lipinski definition) is 3. The van der Waals surface area contributed by atoms with Gasteiger partial charge >= 0.3 is 0 Å². The molecule has 0 radical (unpaired) electrons. The Morgan fingerprint density at radius 2 is 1.67 bits per heavy atom. The van der Waals surface area contributed by atoms with Gasteiger partial charge < -0.3 is 15.5 Å². The van der Waals surface area contributed by atoms with Gasteiger partial charge in [-0.15, -0.1) is 12.4 Å². The molecule has 0 saturated carbocycles. The number of halogens is 1. The molecule has 5 nitrogen and oxygen atoms in total. The maximum Gasteiger partial charge on any atom is 0.242 e. The van der Waals surface area contributed by atoms with Crippen LogP contribution in [0.1, 0.15) is 33.6 Å². The third-order valence-electron chi connectivity index (χ3n) is 2.73. The summed E-state index contributed by atoms with van der Waals surface area (Å²) in [5.41, 5.74) is 5.59. The summed E-state index contributed by atoms with van der Waals surface area (Å²) in [5.74, 6) is -0.0329. The van der Waals surface area contributed by atoms with Crippen molar-refractivity contribution in [3.8, 4) is 0 Å². The molecule has 18 heavy (non-hydrogen) atoms. The molecule has 0 aliphatic carbocycles. The van der Waals surface area contributed by atoms with Crippen LogP contribution in [0.4, 0.5) is 0 Å². The topological polar surface area (TPSA) is 66.6 Å². The average Bonchev–Trinajstić information content (AvgIpc) is 2.27. The van der Waals surface area contributed by atoms with Crippen molar-refractivity contribution in [3.63, 3.8) is 0 Å². The fourth-order valence-electron chi connectivity index (χ4n) is 1.51. The highest BCUT2D eigenvalue weighted by Crippen LogP contribution is 1.99. The number of likely N-dealkylation sites (N-methyl/N-ethyl adjacent to an activating group) is 2. The second-order valence-electron chi connectivity index (χ2n) is 4.33. The van der Waals surface area contributed by atoms with E-state index in [1.54, 1.807) is 11.9 Å². The number of rotatable bonds is 7. The van der Waals surface area contributed by atoms with E-state index in [4.69, 9.17) is 5.73 Å². The first-order valence-electron chi connectivity index (χ1n) is 6.19. The molecule has 0 aromatic carbocycles. The highest BCUT2D eigenvalue weighted by atomic mass is 35.5. The van der Waals surface area contributed by atoms with Crippen molar-refractivity contribution in [2.45, 2.75) is 39.7 Å². The second-order valence-corrected chi connectivity index (χ2v) is 4.33. The van der Waals surface area contributed by atoms with Gasteiger partial charge in [0.25, 0.3) is 0 Å². The third-order valence-corrected chi connectivity index (χ3v) is 2.73. The molecule has 0 aliphatic heterocycles. The first-order chi connectivity index (χ1) is 7.92. The Bertz CT molecular complexity index is 256. The van der Waals surface area contributed by atoms with Gasteiger partial charge in [-0.3, -0.25) is 9.59 Å². The van der Waals surface area contributed by atoms with Gasteiger partial charge in [0.2, 0.25) is 11.8 Å². The van der Waals surface area contributed by atoms with E-state index in [0.717, 1.165) is 0 Å². The van der Waals surface area contributed by atoms with Crippen molar-refractivity contribution in [2.75, 3.05) is 26.7 Å². The minimum Gasteiger partial charge on any atom is -0.342 e. The van der Waals surface area contributed by atoms with Crippen LogP contribution in [0.15, 0.2) is 0 Å². The third kappa shape index (κ3) is 7.50. The molecule has 2 amide bonds. The lowest BCUT2D eigenvalue weighted by atomic mass is 10.2. The van der Waals surface area contributed by atoms with Gasteiger partial charge in [0.15, 0.2) is 0 Å². The number of nitrogens with zero attached hydrogens (tertiary/aromatic N) is 2. The molecule has 0 spiro atoms. The van der Waals surface area contributed by atoms with Crippen molar-refractivity contribution < 1.29 is 9.59 Å². The molecule has 0 fully saturated rings. The van der Waals surface area contributed by atoms with Crippen LogP contribution >= 0.6 is 12.4 Å². The van der Waals surface area contributed by atoms with Crippen LogP contribution in [0.5, 0.6) is 0 Å². The van der Waals surface area contributed by atoms with E-state index < -0.39 is 0 Å². The molecular weight excluding hydrogens is 254 g/mol. The van der Waals surface area contributed by atoms with E-state index in [9.17, 15) is 9.59 Å². The van der Waals surface area contributed by atoms with Crippen LogP contribution < -0.4 is 5.73 Å². The van der Waals surface area contributed by atoms with Crippen LogP contribution in [-0.4, -0.2) is 54.3 Å². The molecule has 1 atom stereocenters. The van der Waals surface area contributed by atoms with Gasteiger partial charge in [0.1, 0.15) is 0 Å². The normalized spacial score (nSPS) is 11.4. The molecule has 2 N–H and O–H groups in total. The lowest BCUT2D eigenvalue weighted by Gasteiger charge is -2.23. The number of carbonyl (C=O) groups is 2. The summed E-state index contributed by atoms with van der Waals surface area (Å²) in [7, 11) is 1.66. The zero-order chi connectivity index (χ0) is 13.4. The number of hydrogen-bond donors (Lipinski definition) is 1. The van der Waals surface area contributed by atoms with Crippen molar-refractivity contribution in [2.24, 2.45) is 5.73 Å². The summed E-state index contributed by atoms with van der Waals surface area (Å²) in [4.78, 5) is 26.6. The summed E-state index contributed by atoms with van der Waals surface area (Å²) in [6.45, 7) is 7.24. The van der Waals surface area contributed by atoms with Crippen LogP contribution in [0.2, 0.25) is 0 Å². The Labute approximate surface area is 116 Å². The van der Waals surface area contributed by atoms with E-state index in [-0.39, 0.29) is 36.8 Å². The Morgan fingerprint density at radius 3 is 2.06 bits per heavy atom. The van der Waals surface area contributed by atoms with E-state index in [0.29, 0.717) is 25.9 Å². The molecule has 0 heterocycles. The summed E-state index contributed by atoms with van der Waals surface area (Å²) in [6, 6.07) is 0.0193. The van der Waals surface area contributed by atoms with Gasteiger partial charge in [-0.2, -0.15) is 0 Å². The molecule has 0 aromatic heterocycles.